The largest absolute Gasteiger partial charge is 0.349 e. The zero-order valence-electron chi connectivity index (χ0n) is 9.88. The van der Waals surface area contributed by atoms with Gasteiger partial charge in [-0.15, -0.1) is 5.10 Å². The minimum Gasteiger partial charge on any atom is -0.349 e. The highest BCUT2D eigenvalue weighted by molar-refractivity contribution is 8.00. The van der Waals surface area contributed by atoms with E-state index in [4.69, 9.17) is 0 Å². The lowest BCUT2D eigenvalue weighted by molar-refractivity contribution is 0.869. The maximum Gasteiger partial charge on any atom is 0.299 e. The second-order valence-corrected chi connectivity index (χ2v) is 6.09. The van der Waals surface area contributed by atoms with Crippen molar-refractivity contribution in [3.63, 3.8) is 0 Å². The first-order valence-corrected chi connectivity index (χ1v) is 7.66. The van der Waals surface area contributed by atoms with Crippen molar-refractivity contribution < 1.29 is 0 Å². The quantitative estimate of drug-likeness (QED) is 0.547. The van der Waals surface area contributed by atoms with Crippen LogP contribution in [0, 0.1) is 0 Å². The predicted molar refractivity (Wildman–Crippen MR) is 78.3 cm³/mol. The number of thioether (sulfide) groups is 1. The summed E-state index contributed by atoms with van der Waals surface area (Å²) in [5.74, 6) is 0. The van der Waals surface area contributed by atoms with Crippen LogP contribution in [-0.4, -0.2) is 25.8 Å². The van der Waals surface area contributed by atoms with E-state index in [0.29, 0.717) is 10.5 Å². The molecule has 0 aliphatic heterocycles. The topological polar surface area (TPSA) is 63.1 Å². The number of nitrogens with one attached hydrogen (secondary N) is 1. The third kappa shape index (κ3) is 1.45. The van der Waals surface area contributed by atoms with Crippen LogP contribution in [0.15, 0.2) is 33.4 Å². The maximum atomic E-state index is 12.4. The van der Waals surface area contributed by atoms with E-state index in [0.717, 1.165) is 20.8 Å². The molecule has 4 aromatic rings. The van der Waals surface area contributed by atoms with Gasteiger partial charge in [0.05, 0.1) is 0 Å². The minimum atomic E-state index is -0.146. The summed E-state index contributed by atoms with van der Waals surface area (Å²) in [5.41, 5.74) is 2.01. The van der Waals surface area contributed by atoms with Crippen molar-refractivity contribution in [1.82, 2.24) is 19.6 Å². The lowest BCUT2D eigenvalue weighted by atomic mass is 10.2. The molecule has 3 heterocycles. The van der Waals surface area contributed by atoms with E-state index in [1.807, 2.05) is 30.5 Å². The van der Waals surface area contributed by atoms with Crippen LogP contribution < -0.4 is 5.56 Å². The molecule has 3 aromatic heterocycles. The van der Waals surface area contributed by atoms with Crippen LogP contribution in [0.5, 0.6) is 0 Å². The molecule has 1 aromatic carbocycles. The Hall–Kier alpha value is -1.86. The Kier molecular flexibility index (Phi) is 2.21. The molecule has 0 fully saturated rings. The van der Waals surface area contributed by atoms with Gasteiger partial charge in [0.15, 0.2) is 4.34 Å². The average molecular weight is 288 g/mol. The summed E-state index contributed by atoms with van der Waals surface area (Å²) in [7, 11) is 0. The Labute approximate surface area is 115 Å². The normalized spacial score (nSPS) is 11.8. The lowest BCUT2D eigenvalue weighted by Crippen LogP contribution is -2.15. The van der Waals surface area contributed by atoms with E-state index in [1.54, 1.807) is 0 Å². The number of nitrogens with zero attached hydrogens (tertiary/aromatic N) is 3. The highest BCUT2D eigenvalue weighted by Gasteiger charge is 2.14. The number of fused-ring (bicyclic) bond motifs is 4. The van der Waals surface area contributed by atoms with Gasteiger partial charge in [0.1, 0.15) is 11.0 Å². The molecular formula is C12H8N4OS2. The van der Waals surface area contributed by atoms with Crippen molar-refractivity contribution in [1.29, 1.82) is 0 Å². The second kappa shape index (κ2) is 3.82. The molecule has 5 nitrogen and oxygen atoms in total. The minimum absolute atomic E-state index is 0.146. The molecule has 0 aliphatic carbocycles. The molecule has 0 unspecified atom stereocenters. The predicted octanol–water partition coefficient (Wildman–Crippen LogP) is 2.51. The molecule has 94 valence electrons. The van der Waals surface area contributed by atoms with E-state index in [9.17, 15) is 4.79 Å². The fraction of sp³-hybridized carbons (Fsp3) is 0.0833. The Morgan fingerprint density at radius 1 is 1.37 bits per heavy atom. The molecule has 7 heteroatoms. The van der Waals surface area contributed by atoms with E-state index >= 15 is 0 Å². The molecule has 0 spiro atoms. The Bertz CT molecular complexity index is 982. The fourth-order valence-corrected chi connectivity index (χ4v) is 3.50. The van der Waals surface area contributed by atoms with Gasteiger partial charge >= 0.3 is 0 Å². The lowest BCUT2D eigenvalue weighted by Gasteiger charge is -1.91. The second-order valence-electron chi connectivity index (χ2n) is 4.08. The first-order chi connectivity index (χ1) is 9.28. The van der Waals surface area contributed by atoms with Crippen LogP contribution in [0.25, 0.3) is 26.9 Å². The molecule has 0 atom stereocenters. The van der Waals surface area contributed by atoms with Crippen molar-refractivity contribution in [3.05, 3.63) is 34.6 Å². The van der Waals surface area contributed by atoms with Crippen LogP contribution in [-0.2, 0) is 0 Å². The average Bonchev–Trinajstić information content (AvgIpc) is 3.01. The van der Waals surface area contributed by atoms with Gasteiger partial charge in [-0.25, -0.2) is 4.98 Å². The van der Waals surface area contributed by atoms with Crippen LogP contribution in [0.2, 0.25) is 0 Å². The monoisotopic (exact) mass is 288 g/mol. The van der Waals surface area contributed by atoms with Crippen LogP contribution in [0.3, 0.4) is 0 Å². The molecule has 1 N–H and O–H groups in total. The molecule has 0 amide bonds. The SMILES string of the molecule is CSc1nn2c(=O)c3[nH]c4ccccc4c3nc2s1. The van der Waals surface area contributed by atoms with Gasteiger partial charge in [-0.2, -0.15) is 4.52 Å². The summed E-state index contributed by atoms with van der Waals surface area (Å²) in [6, 6.07) is 7.78. The summed E-state index contributed by atoms with van der Waals surface area (Å²) in [4.78, 5) is 20.7. The highest BCUT2D eigenvalue weighted by atomic mass is 32.2. The van der Waals surface area contributed by atoms with E-state index < -0.39 is 0 Å². The zero-order valence-corrected chi connectivity index (χ0v) is 11.5. The third-order valence-electron chi connectivity index (χ3n) is 3.01. The number of hydrogen-bond donors (Lipinski definition) is 1. The molecule has 0 saturated heterocycles. The van der Waals surface area contributed by atoms with Crippen molar-refractivity contribution in [2.75, 3.05) is 6.26 Å². The number of para-hydroxylation sites is 1. The number of aromatic nitrogens is 4. The summed E-state index contributed by atoms with van der Waals surface area (Å²) >= 11 is 2.94. The molecule has 4 rings (SSSR count). The van der Waals surface area contributed by atoms with Crippen LogP contribution >= 0.6 is 23.1 Å². The highest BCUT2D eigenvalue weighted by Crippen LogP contribution is 2.25. The van der Waals surface area contributed by atoms with Gasteiger partial charge in [-0.3, -0.25) is 4.79 Å². The number of H-pyrrole nitrogens is 1. The Morgan fingerprint density at radius 3 is 3.05 bits per heavy atom. The van der Waals surface area contributed by atoms with Gasteiger partial charge in [-0.05, 0) is 12.3 Å². The standard InChI is InChI=1S/C12H8N4OS2/c1-18-12-15-16-10(17)9-8(14-11(16)19-12)6-4-2-3-5-7(6)13-9/h2-5,13H,1H3. The van der Waals surface area contributed by atoms with Gasteiger partial charge in [0.2, 0.25) is 4.96 Å². The van der Waals surface area contributed by atoms with Crippen molar-refractivity contribution in [3.8, 4) is 0 Å². The van der Waals surface area contributed by atoms with Crippen LogP contribution in [0.4, 0.5) is 0 Å². The Morgan fingerprint density at radius 2 is 2.21 bits per heavy atom. The first kappa shape index (κ1) is 11.0. The smallest absolute Gasteiger partial charge is 0.299 e. The van der Waals surface area contributed by atoms with E-state index in [2.05, 4.69) is 15.1 Å². The molecule has 19 heavy (non-hydrogen) atoms. The third-order valence-corrected chi connectivity index (χ3v) is 4.89. The summed E-state index contributed by atoms with van der Waals surface area (Å²) in [5, 5.41) is 5.22. The van der Waals surface area contributed by atoms with Crippen molar-refractivity contribution in [2.24, 2.45) is 0 Å². The number of benzene rings is 1. The van der Waals surface area contributed by atoms with Gasteiger partial charge in [0.25, 0.3) is 5.56 Å². The van der Waals surface area contributed by atoms with Crippen molar-refractivity contribution in [2.45, 2.75) is 4.34 Å². The fourth-order valence-electron chi connectivity index (χ4n) is 2.15. The summed E-state index contributed by atoms with van der Waals surface area (Å²) < 4.78 is 2.20. The van der Waals surface area contributed by atoms with Gasteiger partial charge < -0.3 is 4.98 Å². The molecule has 0 radical (unpaired) electrons. The number of rotatable bonds is 1. The number of aromatic amines is 1. The van der Waals surface area contributed by atoms with E-state index in [-0.39, 0.29) is 5.56 Å². The van der Waals surface area contributed by atoms with E-state index in [1.165, 1.54) is 27.6 Å². The molecule has 0 saturated carbocycles. The van der Waals surface area contributed by atoms with Gasteiger partial charge in [0, 0.05) is 10.9 Å². The zero-order chi connectivity index (χ0) is 13.0. The summed E-state index contributed by atoms with van der Waals surface area (Å²) in [6.45, 7) is 0. The summed E-state index contributed by atoms with van der Waals surface area (Å²) in [6.07, 6.45) is 1.93. The maximum absolute atomic E-state index is 12.4. The Balaban J connectivity index is 2.26. The van der Waals surface area contributed by atoms with Gasteiger partial charge in [-0.1, -0.05) is 41.3 Å². The first-order valence-electron chi connectivity index (χ1n) is 5.62. The number of hydrogen-bond acceptors (Lipinski definition) is 5. The molecular weight excluding hydrogens is 280 g/mol. The van der Waals surface area contributed by atoms with Crippen LogP contribution in [0.1, 0.15) is 0 Å². The van der Waals surface area contributed by atoms with Crippen molar-refractivity contribution >= 4 is 50.0 Å². The molecule has 0 aliphatic rings. The molecule has 0 bridgehead atoms.